The number of rotatable bonds is 4. The number of amides is 2. The van der Waals surface area contributed by atoms with E-state index in [4.69, 9.17) is 0 Å². The summed E-state index contributed by atoms with van der Waals surface area (Å²) in [4.78, 5) is 14.8. The molecule has 3 heteroatoms. The molecular weight excluding hydrogens is 284 g/mol. The molecule has 0 spiro atoms. The van der Waals surface area contributed by atoms with Crippen LogP contribution in [0.25, 0.3) is 0 Å². The van der Waals surface area contributed by atoms with E-state index in [0.29, 0.717) is 12.6 Å². The van der Waals surface area contributed by atoms with Crippen molar-refractivity contribution in [2.45, 2.75) is 45.2 Å². The molecule has 0 saturated heterocycles. The zero-order chi connectivity index (χ0) is 16.1. The van der Waals surface area contributed by atoms with Crippen LogP contribution in [-0.2, 0) is 6.54 Å². The van der Waals surface area contributed by atoms with Crippen molar-refractivity contribution in [2.75, 3.05) is 5.32 Å². The molecule has 0 unspecified atom stereocenters. The average molecular weight is 308 g/mol. The van der Waals surface area contributed by atoms with Gasteiger partial charge in [0.05, 0.1) is 0 Å². The first-order valence-corrected chi connectivity index (χ1v) is 8.40. The Bertz CT molecular complexity index is 630. The Morgan fingerprint density at radius 2 is 1.70 bits per heavy atom. The van der Waals surface area contributed by atoms with Crippen molar-refractivity contribution in [1.29, 1.82) is 0 Å². The lowest BCUT2D eigenvalue weighted by Crippen LogP contribution is -2.41. The molecule has 1 fully saturated rings. The number of hydrogen-bond acceptors (Lipinski definition) is 1. The van der Waals surface area contributed by atoms with Crippen molar-refractivity contribution in [2.24, 2.45) is 0 Å². The maximum atomic E-state index is 12.8. The van der Waals surface area contributed by atoms with E-state index >= 15 is 0 Å². The lowest BCUT2D eigenvalue weighted by molar-refractivity contribution is 0.184. The van der Waals surface area contributed by atoms with Gasteiger partial charge in [0.15, 0.2) is 0 Å². The monoisotopic (exact) mass is 308 g/mol. The number of anilines is 1. The largest absolute Gasteiger partial charge is 0.322 e. The Morgan fingerprint density at radius 3 is 2.35 bits per heavy atom. The SMILES string of the molecule is Cc1ccc(CN(C(=O)Nc2ccccc2)C2CCCC2)cc1. The van der Waals surface area contributed by atoms with Crippen LogP contribution in [0.4, 0.5) is 10.5 Å². The van der Waals surface area contributed by atoms with Gasteiger partial charge in [-0.1, -0.05) is 60.9 Å². The van der Waals surface area contributed by atoms with Crippen LogP contribution in [-0.4, -0.2) is 17.0 Å². The highest BCUT2D eigenvalue weighted by molar-refractivity contribution is 5.89. The number of carbonyl (C=O) groups excluding carboxylic acids is 1. The van der Waals surface area contributed by atoms with Crippen LogP contribution in [0, 0.1) is 6.92 Å². The van der Waals surface area contributed by atoms with Crippen LogP contribution < -0.4 is 5.32 Å². The normalized spacial score (nSPS) is 14.7. The van der Waals surface area contributed by atoms with E-state index in [2.05, 4.69) is 36.5 Å². The molecule has 2 amide bonds. The number of nitrogens with zero attached hydrogens (tertiary/aromatic N) is 1. The van der Waals surface area contributed by atoms with E-state index in [1.54, 1.807) is 0 Å². The van der Waals surface area contributed by atoms with Gasteiger partial charge in [0.1, 0.15) is 0 Å². The van der Waals surface area contributed by atoms with Crippen molar-refractivity contribution in [1.82, 2.24) is 4.90 Å². The molecule has 0 aliphatic heterocycles. The van der Waals surface area contributed by atoms with Crippen LogP contribution in [0.15, 0.2) is 54.6 Å². The number of carbonyl (C=O) groups is 1. The van der Waals surface area contributed by atoms with Gasteiger partial charge in [0.2, 0.25) is 0 Å². The van der Waals surface area contributed by atoms with E-state index in [1.165, 1.54) is 24.0 Å². The van der Waals surface area contributed by atoms with Gasteiger partial charge in [-0.25, -0.2) is 4.79 Å². The fourth-order valence-electron chi connectivity index (χ4n) is 3.19. The van der Waals surface area contributed by atoms with Crippen molar-refractivity contribution in [3.8, 4) is 0 Å². The van der Waals surface area contributed by atoms with Gasteiger partial charge in [-0.05, 0) is 37.5 Å². The zero-order valence-electron chi connectivity index (χ0n) is 13.7. The third kappa shape index (κ3) is 4.13. The Labute approximate surface area is 138 Å². The maximum absolute atomic E-state index is 12.8. The molecule has 0 atom stereocenters. The van der Waals surface area contributed by atoms with E-state index in [0.717, 1.165) is 18.5 Å². The molecule has 1 N–H and O–H groups in total. The summed E-state index contributed by atoms with van der Waals surface area (Å²) < 4.78 is 0. The Hall–Kier alpha value is -2.29. The summed E-state index contributed by atoms with van der Waals surface area (Å²) in [5.41, 5.74) is 3.28. The highest BCUT2D eigenvalue weighted by atomic mass is 16.2. The molecule has 2 aromatic rings. The molecule has 1 aliphatic carbocycles. The van der Waals surface area contributed by atoms with Crippen LogP contribution in [0.1, 0.15) is 36.8 Å². The minimum Gasteiger partial charge on any atom is -0.317 e. The van der Waals surface area contributed by atoms with Gasteiger partial charge < -0.3 is 10.2 Å². The molecule has 3 rings (SSSR count). The van der Waals surface area contributed by atoms with Crippen LogP contribution >= 0.6 is 0 Å². The molecule has 23 heavy (non-hydrogen) atoms. The third-order valence-electron chi connectivity index (χ3n) is 4.52. The molecule has 2 aromatic carbocycles. The highest BCUT2D eigenvalue weighted by Crippen LogP contribution is 2.26. The van der Waals surface area contributed by atoms with E-state index in [-0.39, 0.29) is 6.03 Å². The number of nitrogens with one attached hydrogen (secondary N) is 1. The molecule has 1 saturated carbocycles. The second kappa shape index (κ2) is 7.32. The Morgan fingerprint density at radius 1 is 1.04 bits per heavy atom. The van der Waals surface area contributed by atoms with Gasteiger partial charge in [0.25, 0.3) is 0 Å². The van der Waals surface area contributed by atoms with Crippen LogP contribution in [0.5, 0.6) is 0 Å². The summed E-state index contributed by atoms with van der Waals surface area (Å²) >= 11 is 0. The predicted molar refractivity (Wildman–Crippen MR) is 94.4 cm³/mol. The standard InChI is InChI=1S/C20H24N2O/c1-16-11-13-17(14-12-16)15-22(19-9-5-6-10-19)20(23)21-18-7-3-2-4-8-18/h2-4,7-8,11-14,19H,5-6,9-10,15H2,1H3,(H,21,23). The molecule has 120 valence electrons. The van der Waals surface area contributed by atoms with Crippen molar-refractivity contribution >= 4 is 11.7 Å². The number of para-hydroxylation sites is 1. The molecule has 0 heterocycles. The number of benzene rings is 2. The van der Waals surface area contributed by atoms with Gasteiger partial charge >= 0.3 is 6.03 Å². The number of hydrogen-bond donors (Lipinski definition) is 1. The zero-order valence-corrected chi connectivity index (χ0v) is 13.7. The number of aryl methyl sites for hydroxylation is 1. The van der Waals surface area contributed by atoms with E-state index < -0.39 is 0 Å². The molecule has 3 nitrogen and oxygen atoms in total. The fraction of sp³-hybridized carbons (Fsp3) is 0.350. The van der Waals surface area contributed by atoms with Crippen LogP contribution in [0.2, 0.25) is 0 Å². The predicted octanol–water partition coefficient (Wildman–Crippen LogP) is 4.97. The number of urea groups is 1. The molecule has 1 aliphatic rings. The first-order chi connectivity index (χ1) is 11.2. The van der Waals surface area contributed by atoms with Crippen LogP contribution in [0.3, 0.4) is 0 Å². The maximum Gasteiger partial charge on any atom is 0.322 e. The summed E-state index contributed by atoms with van der Waals surface area (Å²) in [7, 11) is 0. The third-order valence-corrected chi connectivity index (χ3v) is 4.52. The second-order valence-electron chi connectivity index (χ2n) is 6.35. The molecule has 0 aromatic heterocycles. The van der Waals surface area contributed by atoms with Crippen molar-refractivity contribution < 1.29 is 4.79 Å². The lowest BCUT2D eigenvalue weighted by atomic mass is 10.1. The van der Waals surface area contributed by atoms with E-state index in [9.17, 15) is 4.79 Å². The highest BCUT2D eigenvalue weighted by Gasteiger charge is 2.26. The summed E-state index contributed by atoms with van der Waals surface area (Å²) in [6.07, 6.45) is 4.64. The lowest BCUT2D eigenvalue weighted by Gasteiger charge is -2.29. The van der Waals surface area contributed by atoms with Crippen molar-refractivity contribution in [3.63, 3.8) is 0 Å². The average Bonchev–Trinajstić information content (AvgIpc) is 3.09. The van der Waals surface area contributed by atoms with Crippen molar-refractivity contribution in [3.05, 3.63) is 65.7 Å². The topological polar surface area (TPSA) is 32.3 Å². The second-order valence-corrected chi connectivity index (χ2v) is 6.35. The van der Waals surface area contributed by atoms with Gasteiger partial charge in [-0.2, -0.15) is 0 Å². The fourth-order valence-corrected chi connectivity index (χ4v) is 3.19. The molecule has 0 bridgehead atoms. The molecular formula is C20H24N2O. The van der Waals surface area contributed by atoms with Gasteiger partial charge in [0, 0.05) is 18.3 Å². The first kappa shape index (κ1) is 15.6. The Balaban J connectivity index is 1.74. The van der Waals surface area contributed by atoms with Gasteiger partial charge in [-0.15, -0.1) is 0 Å². The van der Waals surface area contributed by atoms with Gasteiger partial charge in [-0.3, -0.25) is 0 Å². The minimum absolute atomic E-state index is 0.00340. The summed E-state index contributed by atoms with van der Waals surface area (Å²) in [6.45, 7) is 2.75. The first-order valence-electron chi connectivity index (χ1n) is 8.40. The molecule has 0 radical (unpaired) electrons. The summed E-state index contributed by atoms with van der Waals surface area (Å²) in [6, 6.07) is 18.5. The quantitative estimate of drug-likeness (QED) is 0.849. The minimum atomic E-state index is 0.00340. The van der Waals surface area contributed by atoms with E-state index in [1.807, 2.05) is 35.2 Å². The smallest absolute Gasteiger partial charge is 0.317 e. The Kier molecular flexibility index (Phi) is 4.96. The summed E-state index contributed by atoms with van der Waals surface area (Å²) in [5, 5.41) is 3.04. The summed E-state index contributed by atoms with van der Waals surface area (Å²) in [5.74, 6) is 0.